The van der Waals surface area contributed by atoms with E-state index in [2.05, 4.69) is 0 Å². The summed E-state index contributed by atoms with van der Waals surface area (Å²) < 4.78 is 11.4. The number of non-ortho nitro benzene ring substituents is 1. The molecule has 1 fully saturated rings. The zero-order chi connectivity index (χ0) is 21.3. The van der Waals surface area contributed by atoms with Gasteiger partial charge < -0.3 is 9.15 Å². The minimum absolute atomic E-state index is 0.00716. The van der Waals surface area contributed by atoms with E-state index in [-0.39, 0.29) is 11.6 Å². The molecule has 30 heavy (non-hydrogen) atoms. The molecule has 1 aliphatic rings. The van der Waals surface area contributed by atoms with E-state index in [0.717, 1.165) is 0 Å². The Morgan fingerprint density at radius 3 is 2.43 bits per heavy atom. The van der Waals surface area contributed by atoms with Crippen molar-refractivity contribution in [2.24, 2.45) is 0 Å². The number of hydrogen-bond acceptors (Lipinski definition) is 7. The van der Waals surface area contributed by atoms with E-state index in [1.807, 2.05) is 0 Å². The molecular weight excluding hydrogens is 424 g/mol. The predicted octanol–water partition coefficient (Wildman–Crippen LogP) is 5.27. The second-order valence-corrected chi connectivity index (χ2v) is 7.90. The van der Waals surface area contributed by atoms with Gasteiger partial charge in [0.1, 0.15) is 17.3 Å². The highest BCUT2D eigenvalue weighted by Crippen LogP contribution is 2.37. The number of benzene rings is 2. The van der Waals surface area contributed by atoms with E-state index in [1.54, 1.807) is 61.7 Å². The number of rotatable bonds is 5. The van der Waals surface area contributed by atoms with Gasteiger partial charge in [0.2, 0.25) is 0 Å². The molecule has 0 unspecified atom stereocenters. The first-order valence-corrected chi connectivity index (χ1v) is 9.95. The van der Waals surface area contributed by atoms with Gasteiger partial charge in [0.05, 0.1) is 22.6 Å². The normalized spacial score (nSPS) is 15.1. The van der Waals surface area contributed by atoms with Gasteiger partial charge in [-0.2, -0.15) is 0 Å². The van der Waals surface area contributed by atoms with Gasteiger partial charge in [-0.05, 0) is 48.5 Å². The Labute approximate surface area is 181 Å². The Morgan fingerprint density at radius 2 is 1.80 bits per heavy atom. The number of anilines is 1. The lowest BCUT2D eigenvalue weighted by Gasteiger charge is -2.14. The van der Waals surface area contributed by atoms with Crippen LogP contribution >= 0.6 is 24.0 Å². The average Bonchev–Trinajstić information content (AvgIpc) is 3.33. The predicted molar refractivity (Wildman–Crippen MR) is 119 cm³/mol. The smallest absolute Gasteiger partial charge is 0.270 e. The lowest BCUT2D eigenvalue weighted by atomic mass is 10.1. The molecule has 3 aromatic rings. The largest absolute Gasteiger partial charge is 0.497 e. The van der Waals surface area contributed by atoms with Gasteiger partial charge in [-0.3, -0.25) is 19.8 Å². The highest BCUT2D eigenvalue weighted by Gasteiger charge is 2.33. The van der Waals surface area contributed by atoms with Gasteiger partial charge in [0.15, 0.2) is 4.32 Å². The molecule has 150 valence electrons. The van der Waals surface area contributed by atoms with Crippen LogP contribution < -0.4 is 9.64 Å². The third-order valence-electron chi connectivity index (χ3n) is 4.39. The van der Waals surface area contributed by atoms with Gasteiger partial charge in [0, 0.05) is 23.8 Å². The molecule has 1 aliphatic heterocycles. The zero-order valence-corrected chi connectivity index (χ0v) is 17.2. The Balaban J connectivity index is 1.56. The fourth-order valence-corrected chi connectivity index (χ4v) is 4.16. The number of thiocarbonyl (C=S) groups is 1. The molecular formula is C21H14N2O5S2. The highest BCUT2D eigenvalue weighted by atomic mass is 32.2. The van der Waals surface area contributed by atoms with Crippen molar-refractivity contribution < 1.29 is 18.9 Å². The number of carbonyl (C=O) groups excluding carboxylic acids is 1. The summed E-state index contributed by atoms with van der Waals surface area (Å²) in [6, 6.07) is 16.6. The van der Waals surface area contributed by atoms with E-state index in [9.17, 15) is 14.9 Å². The van der Waals surface area contributed by atoms with E-state index < -0.39 is 4.92 Å². The topological polar surface area (TPSA) is 85.8 Å². The van der Waals surface area contributed by atoms with Crippen molar-refractivity contribution in [2.45, 2.75) is 0 Å². The Morgan fingerprint density at radius 1 is 1.10 bits per heavy atom. The summed E-state index contributed by atoms with van der Waals surface area (Å²) in [4.78, 5) is 25.1. The molecule has 0 saturated carbocycles. The summed E-state index contributed by atoms with van der Waals surface area (Å²) in [6.45, 7) is 0. The first kappa shape index (κ1) is 19.9. The van der Waals surface area contributed by atoms with Crippen LogP contribution in [0.1, 0.15) is 5.76 Å². The number of hydrogen-bond donors (Lipinski definition) is 0. The number of thioether (sulfide) groups is 1. The fourth-order valence-electron chi connectivity index (χ4n) is 2.88. The van der Waals surface area contributed by atoms with Crippen LogP contribution in [0.25, 0.3) is 17.4 Å². The van der Waals surface area contributed by atoms with Gasteiger partial charge >= 0.3 is 0 Å². The van der Waals surface area contributed by atoms with Crippen molar-refractivity contribution >= 4 is 51.7 Å². The second-order valence-electron chi connectivity index (χ2n) is 6.22. The van der Waals surface area contributed by atoms with Crippen LogP contribution in [0.3, 0.4) is 0 Å². The van der Waals surface area contributed by atoms with E-state index in [1.165, 1.54) is 28.8 Å². The van der Waals surface area contributed by atoms with Crippen LogP contribution in [-0.4, -0.2) is 22.3 Å². The molecule has 0 radical (unpaired) electrons. The maximum absolute atomic E-state index is 12.9. The monoisotopic (exact) mass is 438 g/mol. The van der Waals surface area contributed by atoms with Crippen LogP contribution in [0.5, 0.6) is 5.75 Å². The van der Waals surface area contributed by atoms with Gasteiger partial charge in [-0.1, -0.05) is 24.0 Å². The van der Waals surface area contributed by atoms with Crippen LogP contribution in [0.15, 0.2) is 70.0 Å². The maximum Gasteiger partial charge on any atom is 0.270 e. The Bertz CT molecular complexity index is 1170. The number of nitro groups is 1. The summed E-state index contributed by atoms with van der Waals surface area (Å²) in [7, 11) is 1.58. The first-order chi connectivity index (χ1) is 14.5. The number of ether oxygens (including phenoxy) is 1. The number of methoxy groups -OCH3 is 1. The molecule has 7 nitrogen and oxygen atoms in total. The molecule has 1 aromatic heterocycles. The molecule has 1 saturated heterocycles. The van der Waals surface area contributed by atoms with Gasteiger partial charge in [-0.15, -0.1) is 0 Å². The average molecular weight is 438 g/mol. The quantitative estimate of drug-likeness (QED) is 0.232. The van der Waals surface area contributed by atoms with Crippen molar-refractivity contribution in [3.63, 3.8) is 0 Å². The molecule has 9 heteroatoms. The molecule has 0 bridgehead atoms. The summed E-state index contributed by atoms with van der Waals surface area (Å²) in [5.41, 5.74) is 1.37. The first-order valence-electron chi connectivity index (χ1n) is 8.73. The van der Waals surface area contributed by atoms with Crippen molar-refractivity contribution in [3.8, 4) is 17.1 Å². The maximum atomic E-state index is 12.9. The van der Waals surface area contributed by atoms with Crippen LogP contribution in [0.4, 0.5) is 11.4 Å². The molecule has 2 heterocycles. The summed E-state index contributed by atoms with van der Waals surface area (Å²) in [5, 5.41) is 10.8. The minimum atomic E-state index is -0.456. The van der Waals surface area contributed by atoms with E-state index >= 15 is 0 Å². The molecule has 0 N–H and O–H groups in total. The number of nitro benzene ring substituents is 1. The lowest BCUT2D eigenvalue weighted by Crippen LogP contribution is -2.27. The van der Waals surface area contributed by atoms with Crippen molar-refractivity contribution in [3.05, 3.63) is 81.4 Å². The standard InChI is InChI=1S/C21H14N2O5S2/c1-27-16-8-6-14(7-9-16)22-20(24)19(30-21(22)29)12-17-10-11-18(28-17)13-2-4-15(5-3-13)23(25)26/h2-12H,1H3/b19-12+. The third-order valence-corrected chi connectivity index (χ3v) is 5.69. The molecule has 2 aromatic carbocycles. The summed E-state index contributed by atoms with van der Waals surface area (Å²) >= 11 is 6.57. The summed E-state index contributed by atoms with van der Waals surface area (Å²) in [5.74, 6) is 1.48. The molecule has 4 rings (SSSR count). The van der Waals surface area contributed by atoms with Crippen molar-refractivity contribution in [2.75, 3.05) is 12.0 Å². The zero-order valence-electron chi connectivity index (χ0n) is 15.6. The van der Waals surface area contributed by atoms with Gasteiger partial charge in [0.25, 0.3) is 11.6 Å². The highest BCUT2D eigenvalue weighted by molar-refractivity contribution is 8.27. The Hall–Kier alpha value is -3.43. The van der Waals surface area contributed by atoms with Gasteiger partial charge in [-0.25, -0.2) is 0 Å². The fraction of sp³-hybridized carbons (Fsp3) is 0.0476. The van der Waals surface area contributed by atoms with E-state index in [0.29, 0.717) is 37.7 Å². The minimum Gasteiger partial charge on any atom is -0.497 e. The molecule has 0 aliphatic carbocycles. The van der Waals surface area contributed by atoms with E-state index in [4.69, 9.17) is 21.4 Å². The van der Waals surface area contributed by atoms with Crippen molar-refractivity contribution in [1.82, 2.24) is 0 Å². The number of carbonyl (C=O) groups is 1. The third kappa shape index (κ3) is 3.85. The van der Waals surface area contributed by atoms with Crippen LogP contribution in [0.2, 0.25) is 0 Å². The number of amides is 1. The molecule has 0 spiro atoms. The lowest BCUT2D eigenvalue weighted by molar-refractivity contribution is -0.384. The van der Waals surface area contributed by atoms with Crippen molar-refractivity contribution in [1.29, 1.82) is 0 Å². The molecule has 1 amide bonds. The second kappa shape index (κ2) is 8.13. The number of nitrogens with zero attached hydrogens (tertiary/aromatic N) is 2. The SMILES string of the molecule is COc1ccc(N2C(=O)/C(=C\c3ccc(-c4ccc([N+](=O)[O-])cc4)o3)SC2=S)cc1. The summed E-state index contributed by atoms with van der Waals surface area (Å²) in [6.07, 6.45) is 1.64. The van der Waals surface area contributed by atoms with Crippen LogP contribution in [0, 0.1) is 10.1 Å². The van der Waals surface area contributed by atoms with Crippen LogP contribution in [-0.2, 0) is 4.79 Å². The molecule has 0 atom stereocenters. The number of furan rings is 1. The Kier molecular flexibility index (Phi) is 5.39.